The van der Waals surface area contributed by atoms with E-state index in [9.17, 15) is 4.79 Å². The molecule has 0 unspecified atom stereocenters. The first-order valence-corrected chi connectivity index (χ1v) is 4.99. The fourth-order valence-corrected chi connectivity index (χ4v) is 1.30. The zero-order valence-corrected chi connectivity index (χ0v) is 9.80. The highest BCUT2D eigenvalue weighted by molar-refractivity contribution is 6.34. The second-order valence-electron chi connectivity index (χ2n) is 2.86. The third-order valence-electron chi connectivity index (χ3n) is 1.73. The van der Waals surface area contributed by atoms with Crippen molar-refractivity contribution in [2.45, 2.75) is 13.0 Å². The molecule has 0 amide bonds. The normalized spacial score (nSPS) is 12.0. The molecule has 0 saturated carbocycles. The van der Waals surface area contributed by atoms with Crippen LogP contribution in [0, 0.1) is 0 Å². The minimum absolute atomic E-state index is 0.363. The summed E-state index contributed by atoms with van der Waals surface area (Å²) in [7, 11) is 1.29. The predicted octanol–water partition coefficient (Wildman–Crippen LogP) is 2.93. The molecule has 0 N–H and O–H groups in total. The van der Waals surface area contributed by atoms with Gasteiger partial charge in [0.1, 0.15) is 5.75 Å². The maximum atomic E-state index is 11.1. The van der Waals surface area contributed by atoms with E-state index in [0.29, 0.717) is 15.8 Å². The van der Waals surface area contributed by atoms with Gasteiger partial charge in [-0.3, -0.25) is 0 Å². The molecule has 1 rings (SSSR count). The molecule has 0 heterocycles. The summed E-state index contributed by atoms with van der Waals surface area (Å²) in [5.74, 6) is -0.104. The first-order chi connectivity index (χ1) is 7.04. The third-order valence-corrected chi connectivity index (χ3v) is 2.28. The number of hydrogen-bond acceptors (Lipinski definition) is 3. The Morgan fingerprint density at radius 3 is 2.67 bits per heavy atom. The highest BCUT2D eigenvalue weighted by Gasteiger charge is 2.16. The maximum Gasteiger partial charge on any atom is 0.346 e. The van der Waals surface area contributed by atoms with Crippen LogP contribution in [0.1, 0.15) is 6.92 Å². The Balaban J connectivity index is 2.80. The molecule has 3 nitrogen and oxygen atoms in total. The number of benzene rings is 1. The Morgan fingerprint density at radius 1 is 1.40 bits per heavy atom. The Morgan fingerprint density at radius 2 is 2.07 bits per heavy atom. The van der Waals surface area contributed by atoms with Gasteiger partial charge in [-0.05, 0) is 19.1 Å². The molecule has 0 spiro atoms. The van der Waals surface area contributed by atoms with E-state index in [1.807, 2.05) is 0 Å². The van der Waals surface area contributed by atoms with Gasteiger partial charge in [0.2, 0.25) is 0 Å². The summed E-state index contributed by atoms with van der Waals surface area (Å²) < 4.78 is 9.80. The quantitative estimate of drug-likeness (QED) is 0.772. The molecule has 0 radical (unpaired) electrons. The number of ether oxygens (including phenoxy) is 2. The molecule has 0 aliphatic heterocycles. The van der Waals surface area contributed by atoms with Gasteiger partial charge in [-0.15, -0.1) is 0 Å². The van der Waals surface area contributed by atoms with Crippen molar-refractivity contribution < 1.29 is 14.3 Å². The number of esters is 1. The van der Waals surface area contributed by atoms with E-state index in [1.165, 1.54) is 7.11 Å². The Labute approximate surface area is 97.9 Å². The van der Waals surface area contributed by atoms with Crippen molar-refractivity contribution >= 4 is 29.2 Å². The standard InChI is InChI=1S/C10H10Cl2O3/c1-6(10(13)14-2)15-9-5-7(11)3-4-8(9)12/h3-6H,1-2H3/t6-/m1/s1. The van der Waals surface area contributed by atoms with Gasteiger partial charge in [-0.25, -0.2) is 4.79 Å². The SMILES string of the molecule is COC(=O)[C@@H](C)Oc1cc(Cl)ccc1Cl. The first kappa shape index (κ1) is 12.1. The highest BCUT2D eigenvalue weighted by Crippen LogP contribution is 2.28. The van der Waals surface area contributed by atoms with Crippen molar-refractivity contribution in [3.05, 3.63) is 28.2 Å². The number of carbonyl (C=O) groups excluding carboxylic acids is 1. The highest BCUT2D eigenvalue weighted by atomic mass is 35.5. The molecule has 0 fully saturated rings. The summed E-state index contributed by atoms with van der Waals surface area (Å²) in [5.41, 5.74) is 0. The van der Waals surface area contributed by atoms with E-state index in [2.05, 4.69) is 4.74 Å². The average Bonchev–Trinajstić information content (AvgIpc) is 2.22. The van der Waals surface area contributed by atoms with Gasteiger partial charge in [0.25, 0.3) is 0 Å². The molecule has 0 aromatic heterocycles. The van der Waals surface area contributed by atoms with Crippen LogP contribution >= 0.6 is 23.2 Å². The Bertz CT molecular complexity index is 366. The van der Waals surface area contributed by atoms with Crippen LogP contribution in [0.3, 0.4) is 0 Å². The number of hydrogen-bond donors (Lipinski definition) is 0. The summed E-state index contributed by atoms with van der Waals surface area (Å²) in [6.45, 7) is 1.57. The van der Waals surface area contributed by atoms with Crippen LogP contribution in [0.2, 0.25) is 10.0 Å². The number of methoxy groups -OCH3 is 1. The number of carbonyl (C=O) groups is 1. The molecular weight excluding hydrogens is 239 g/mol. The molecule has 0 saturated heterocycles. The second kappa shape index (κ2) is 5.24. The summed E-state index contributed by atoms with van der Waals surface area (Å²) in [4.78, 5) is 11.1. The van der Waals surface area contributed by atoms with Crippen LogP contribution in [0.25, 0.3) is 0 Å². The summed E-state index contributed by atoms with van der Waals surface area (Å²) in [6, 6.07) is 4.78. The van der Waals surface area contributed by atoms with E-state index < -0.39 is 12.1 Å². The zero-order chi connectivity index (χ0) is 11.4. The molecule has 0 aliphatic rings. The van der Waals surface area contributed by atoms with Gasteiger partial charge in [0.05, 0.1) is 12.1 Å². The number of rotatable bonds is 3. The predicted molar refractivity (Wildman–Crippen MR) is 58.6 cm³/mol. The zero-order valence-electron chi connectivity index (χ0n) is 8.29. The van der Waals surface area contributed by atoms with Crippen molar-refractivity contribution in [1.29, 1.82) is 0 Å². The van der Waals surface area contributed by atoms with Crippen molar-refractivity contribution in [2.75, 3.05) is 7.11 Å². The van der Waals surface area contributed by atoms with E-state index >= 15 is 0 Å². The van der Waals surface area contributed by atoms with Crippen molar-refractivity contribution in [2.24, 2.45) is 0 Å². The van der Waals surface area contributed by atoms with Crippen LogP contribution in [-0.4, -0.2) is 19.2 Å². The average molecular weight is 249 g/mol. The lowest BCUT2D eigenvalue weighted by molar-refractivity contribution is -0.147. The monoisotopic (exact) mass is 248 g/mol. The fraction of sp³-hybridized carbons (Fsp3) is 0.300. The van der Waals surface area contributed by atoms with Crippen LogP contribution in [0.5, 0.6) is 5.75 Å². The lowest BCUT2D eigenvalue weighted by Gasteiger charge is -2.13. The topological polar surface area (TPSA) is 35.5 Å². The minimum Gasteiger partial charge on any atom is -0.477 e. The molecule has 0 aliphatic carbocycles. The first-order valence-electron chi connectivity index (χ1n) is 4.24. The van der Waals surface area contributed by atoms with Gasteiger partial charge < -0.3 is 9.47 Å². The molecule has 1 aromatic rings. The van der Waals surface area contributed by atoms with Gasteiger partial charge in [0, 0.05) is 11.1 Å². The molecule has 5 heteroatoms. The van der Waals surface area contributed by atoms with Crippen molar-refractivity contribution in [1.82, 2.24) is 0 Å². The summed E-state index contributed by atoms with van der Waals surface area (Å²) in [6.07, 6.45) is -0.717. The van der Waals surface area contributed by atoms with Gasteiger partial charge in [0.15, 0.2) is 6.10 Å². The third kappa shape index (κ3) is 3.29. The van der Waals surface area contributed by atoms with E-state index in [4.69, 9.17) is 27.9 Å². The van der Waals surface area contributed by atoms with Crippen LogP contribution in [-0.2, 0) is 9.53 Å². The largest absolute Gasteiger partial charge is 0.477 e. The summed E-state index contributed by atoms with van der Waals surface area (Å²) in [5, 5.41) is 0.890. The van der Waals surface area contributed by atoms with Crippen LogP contribution in [0.15, 0.2) is 18.2 Å². The van der Waals surface area contributed by atoms with Crippen molar-refractivity contribution in [3.63, 3.8) is 0 Å². The van der Waals surface area contributed by atoms with E-state index in [-0.39, 0.29) is 0 Å². The molecule has 0 bridgehead atoms. The lowest BCUT2D eigenvalue weighted by Crippen LogP contribution is -2.24. The second-order valence-corrected chi connectivity index (χ2v) is 3.70. The minimum atomic E-state index is -0.717. The van der Waals surface area contributed by atoms with Crippen LogP contribution in [0.4, 0.5) is 0 Å². The smallest absolute Gasteiger partial charge is 0.346 e. The van der Waals surface area contributed by atoms with E-state index in [0.717, 1.165) is 0 Å². The fourth-order valence-electron chi connectivity index (χ4n) is 0.972. The van der Waals surface area contributed by atoms with Crippen molar-refractivity contribution in [3.8, 4) is 5.75 Å². The molecule has 82 valence electrons. The summed E-state index contributed by atoms with van der Waals surface area (Å²) >= 11 is 11.6. The van der Waals surface area contributed by atoms with E-state index in [1.54, 1.807) is 25.1 Å². The molecule has 15 heavy (non-hydrogen) atoms. The molecule has 1 aromatic carbocycles. The number of halogens is 2. The lowest BCUT2D eigenvalue weighted by atomic mass is 10.3. The van der Waals surface area contributed by atoms with Gasteiger partial charge >= 0.3 is 5.97 Å². The van der Waals surface area contributed by atoms with Gasteiger partial charge in [-0.1, -0.05) is 23.2 Å². The Hall–Kier alpha value is -0.930. The van der Waals surface area contributed by atoms with Gasteiger partial charge in [-0.2, -0.15) is 0 Å². The van der Waals surface area contributed by atoms with Crippen LogP contribution < -0.4 is 4.74 Å². The molecule has 1 atom stereocenters. The molecular formula is C10H10Cl2O3. The maximum absolute atomic E-state index is 11.1. The Kier molecular flexibility index (Phi) is 4.24.